The van der Waals surface area contributed by atoms with E-state index in [0.717, 1.165) is 18.2 Å². The fourth-order valence-electron chi connectivity index (χ4n) is 3.57. The van der Waals surface area contributed by atoms with Gasteiger partial charge in [0, 0.05) is 54.7 Å². The zero-order valence-corrected chi connectivity index (χ0v) is 13.9. The van der Waals surface area contributed by atoms with Crippen LogP contribution in [0.2, 0.25) is 0 Å². The molecule has 0 aromatic carbocycles. The Bertz CT molecular complexity index is 774. The Balaban J connectivity index is 1.49. The fourth-order valence-corrected chi connectivity index (χ4v) is 3.57. The van der Waals surface area contributed by atoms with Gasteiger partial charge in [-0.3, -0.25) is 4.98 Å². The first-order chi connectivity index (χ1) is 11.9. The fraction of sp³-hybridized carbons (Fsp3) is 0.286. The predicted molar refractivity (Wildman–Crippen MR) is 93.4 cm³/mol. The second-order valence-corrected chi connectivity index (χ2v) is 6.63. The molecule has 3 heteroatoms. The molecule has 0 aliphatic heterocycles. The molecule has 3 heterocycles. The maximum Gasteiger partial charge on any atom is 0.213 e. The summed E-state index contributed by atoms with van der Waals surface area (Å²) in [6, 6.07) is 12.8. The quantitative estimate of drug-likeness (QED) is 0.675. The average Bonchev–Trinajstić information content (AvgIpc) is 3.16. The number of rotatable bonds is 4. The molecule has 0 saturated heterocycles. The van der Waals surface area contributed by atoms with Gasteiger partial charge in [0.1, 0.15) is 0 Å². The molecule has 3 aromatic heterocycles. The highest BCUT2D eigenvalue weighted by molar-refractivity contribution is 5.61. The first kappa shape index (κ1) is 15.0. The highest BCUT2D eigenvalue weighted by Gasteiger charge is 2.19. The van der Waals surface area contributed by atoms with Crippen LogP contribution in [0.15, 0.2) is 73.6 Å². The molecule has 4 rings (SSSR count). The Hall–Kier alpha value is -2.55. The Kier molecular flexibility index (Phi) is 4.32. The van der Waals surface area contributed by atoms with Gasteiger partial charge < -0.3 is 0 Å². The van der Waals surface area contributed by atoms with Crippen LogP contribution < -0.4 is 9.13 Å². The van der Waals surface area contributed by atoms with Gasteiger partial charge >= 0.3 is 0 Å². The molecule has 0 spiro atoms. The number of nitrogens with zero attached hydrogens (tertiary/aromatic N) is 3. The van der Waals surface area contributed by atoms with Gasteiger partial charge in [0.25, 0.3) is 0 Å². The van der Waals surface area contributed by atoms with Gasteiger partial charge in [-0.15, -0.1) is 0 Å². The summed E-state index contributed by atoms with van der Waals surface area (Å²) in [6.07, 6.45) is 17.9. The zero-order chi connectivity index (χ0) is 16.2. The van der Waals surface area contributed by atoms with E-state index < -0.39 is 0 Å². The molecule has 0 unspecified atom stereocenters. The van der Waals surface area contributed by atoms with Crippen molar-refractivity contribution in [1.29, 1.82) is 0 Å². The summed E-state index contributed by atoms with van der Waals surface area (Å²) in [5.41, 5.74) is 3.63. The van der Waals surface area contributed by atoms with Crippen molar-refractivity contribution >= 4 is 0 Å². The lowest BCUT2D eigenvalue weighted by Gasteiger charge is -2.05. The maximum absolute atomic E-state index is 4.07. The molecule has 0 atom stereocenters. The number of hydrogen-bond acceptors (Lipinski definition) is 1. The van der Waals surface area contributed by atoms with Gasteiger partial charge in [0.2, 0.25) is 5.69 Å². The SMILES string of the molecule is c1cc(-[n+]2ccc(-c3cc[n+](CC4CCCC4)cc3)cc2)ccn1. The second-order valence-electron chi connectivity index (χ2n) is 6.63. The first-order valence-corrected chi connectivity index (χ1v) is 8.80. The van der Waals surface area contributed by atoms with Crippen LogP contribution in [0.4, 0.5) is 0 Å². The van der Waals surface area contributed by atoms with Gasteiger partial charge in [-0.25, -0.2) is 4.57 Å². The molecule has 3 aromatic rings. The minimum Gasteiger partial charge on any atom is -0.264 e. The molecule has 0 radical (unpaired) electrons. The lowest BCUT2D eigenvalue weighted by atomic mass is 10.1. The van der Waals surface area contributed by atoms with Gasteiger partial charge in [-0.1, -0.05) is 12.8 Å². The predicted octanol–water partition coefficient (Wildman–Crippen LogP) is 3.50. The lowest BCUT2D eigenvalue weighted by Crippen LogP contribution is -2.35. The Labute approximate surface area is 143 Å². The van der Waals surface area contributed by atoms with Crippen molar-refractivity contribution in [1.82, 2.24) is 4.98 Å². The number of hydrogen-bond donors (Lipinski definition) is 0. The topological polar surface area (TPSA) is 20.6 Å². The average molecular weight is 317 g/mol. The third-order valence-corrected chi connectivity index (χ3v) is 4.96. The second kappa shape index (κ2) is 6.91. The van der Waals surface area contributed by atoms with E-state index in [1.807, 2.05) is 24.5 Å². The van der Waals surface area contributed by atoms with Crippen molar-refractivity contribution in [3.8, 4) is 16.8 Å². The molecular weight excluding hydrogens is 294 g/mol. The summed E-state index contributed by atoms with van der Waals surface area (Å²) in [5.74, 6) is 0.872. The molecular formula is C21H23N3+2. The summed E-state index contributed by atoms with van der Waals surface area (Å²) < 4.78 is 4.44. The van der Waals surface area contributed by atoms with Gasteiger partial charge in [-0.2, -0.15) is 4.57 Å². The summed E-state index contributed by atoms with van der Waals surface area (Å²) >= 11 is 0. The van der Waals surface area contributed by atoms with Crippen LogP contribution in [-0.4, -0.2) is 4.98 Å². The minimum absolute atomic E-state index is 0.872. The molecule has 120 valence electrons. The molecule has 1 aliphatic carbocycles. The highest BCUT2D eigenvalue weighted by atomic mass is 14.9. The molecule has 1 aliphatic rings. The molecule has 1 saturated carbocycles. The van der Waals surface area contributed by atoms with Crippen molar-refractivity contribution in [2.24, 2.45) is 5.92 Å². The third kappa shape index (κ3) is 3.35. The van der Waals surface area contributed by atoms with E-state index in [0.29, 0.717) is 0 Å². The summed E-state index contributed by atoms with van der Waals surface area (Å²) in [4.78, 5) is 4.07. The lowest BCUT2D eigenvalue weighted by molar-refractivity contribution is -0.703. The molecule has 0 bridgehead atoms. The van der Waals surface area contributed by atoms with E-state index in [1.54, 1.807) is 0 Å². The van der Waals surface area contributed by atoms with E-state index in [4.69, 9.17) is 0 Å². The van der Waals surface area contributed by atoms with Gasteiger partial charge in [0.15, 0.2) is 31.3 Å². The number of pyridine rings is 3. The van der Waals surface area contributed by atoms with Crippen molar-refractivity contribution in [3.63, 3.8) is 0 Å². The van der Waals surface area contributed by atoms with Gasteiger partial charge in [0.05, 0.1) is 0 Å². The number of aromatic nitrogens is 3. The van der Waals surface area contributed by atoms with E-state index in [1.165, 1.54) is 36.8 Å². The molecule has 0 amide bonds. The molecule has 0 N–H and O–H groups in total. The van der Waals surface area contributed by atoms with Crippen molar-refractivity contribution in [2.45, 2.75) is 32.2 Å². The Morgan fingerprint density at radius 1 is 0.792 bits per heavy atom. The van der Waals surface area contributed by atoms with Crippen LogP contribution >= 0.6 is 0 Å². The van der Waals surface area contributed by atoms with E-state index >= 15 is 0 Å². The first-order valence-electron chi connectivity index (χ1n) is 8.80. The Morgan fingerprint density at radius 2 is 1.38 bits per heavy atom. The largest absolute Gasteiger partial charge is 0.264 e. The maximum atomic E-state index is 4.07. The van der Waals surface area contributed by atoms with Crippen LogP contribution in [0.3, 0.4) is 0 Å². The Morgan fingerprint density at radius 3 is 2.00 bits per heavy atom. The third-order valence-electron chi connectivity index (χ3n) is 4.96. The standard InChI is InChI=1S/C21H23N3/c1-2-4-18(3-1)17-23-13-7-19(8-14-23)20-9-15-24(16-10-20)21-5-11-22-12-6-21/h5-16,18H,1-4,17H2/q+2. The van der Waals surface area contributed by atoms with Crippen LogP contribution in [0.25, 0.3) is 16.8 Å². The van der Waals surface area contributed by atoms with E-state index in [2.05, 4.69) is 63.2 Å². The summed E-state index contributed by atoms with van der Waals surface area (Å²) in [6.45, 7) is 1.16. The summed E-state index contributed by atoms with van der Waals surface area (Å²) in [5, 5.41) is 0. The van der Waals surface area contributed by atoms with Crippen LogP contribution in [0.1, 0.15) is 25.7 Å². The van der Waals surface area contributed by atoms with Crippen LogP contribution in [0.5, 0.6) is 0 Å². The van der Waals surface area contributed by atoms with E-state index in [-0.39, 0.29) is 0 Å². The van der Waals surface area contributed by atoms with Crippen LogP contribution in [0, 0.1) is 5.92 Å². The summed E-state index contributed by atoms with van der Waals surface area (Å²) in [7, 11) is 0. The smallest absolute Gasteiger partial charge is 0.213 e. The van der Waals surface area contributed by atoms with Crippen molar-refractivity contribution in [3.05, 3.63) is 73.6 Å². The van der Waals surface area contributed by atoms with Crippen molar-refractivity contribution in [2.75, 3.05) is 0 Å². The van der Waals surface area contributed by atoms with E-state index in [9.17, 15) is 0 Å². The highest BCUT2D eigenvalue weighted by Crippen LogP contribution is 2.24. The minimum atomic E-state index is 0.872. The zero-order valence-electron chi connectivity index (χ0n) is 13.9. The monoisotopic (exact) mass is 317 g/mol. The molecule has 1 fully saturated rings. The van der Waals surface area contributed by atoms with Crippen LogP contribution in [-0.2, 0) is 6.54 Å². The molecule has 3 nitrogen and oxygen atoms in total. The van der Waals surface area contributed by atoms with Crippen molar-refractivity contribution < 1.29 is 9.13 Å². The molecule has 24 heavy (non-hydrogen) atoms. The van der Waals surface area contributed by atoms with Gasteiger partial charge in [-0.05, 0) is 24.0 Å². The normalized spacial score (nSPS) is 14.8.